The molecule has 1 aromatic heterocycles. The predicted octanol–water partition coefficient (Wildman–Crippen LogP) is 6.67. The normalized spacial score (nSPS) is 11.9. The molecule has 5 aromatic rings. The minimum absolute atomic E-state index is 0.0886. The van der Waals surface area contributed by atoms with Crippen molar-refractivity contribution in [3.8, 4) is 11.1 Å². The summed E-state index contributed by atoms with van der Waals surface area (Å²) < 4.78 is 2.18. The lowest BCUT2D eigenvalue weighted by molar-refractivity contribution is 0.0697. The fourth-order valence-electron chi connectivity index (χ4n) is 5.13. The standard InChI is InChI=1S/C34H33N3O3S/c1-2-8-32-36-30-18-17-26(33(38)35-27(22-41)19-23-9-4-3-5-10-23)20-31(30)37(32)21-24-13-15-25(16-14-24)28-11-6-7-12-29(28)34(39)40/h3-7,9-18,20,27,41H,2,8,19,21-22H2,1H3,(H,35,38)(H,39,40)/t27-/m1/s1. The molecule has 2 N–H and O–H groups in total. The Labute approximate surface area is 245 Å². The average Bonchev–Trinajstić information content (AvgIpc) is 3.33. The molecule has 0 spiro atoms. The average molecular weight is 564 g/mol. The number of aryl methyl sites for hydroxylation is 1. The van der Waals surface area contributed by atoms with E-state index in [0.29, 0.717) is 29.8 Å². The Morgan fingerprint density at radius 2 is 1.66 bits per heavy atom. The number of carboxylic acids is 1. The first-order chi connectivity index (χ1) is 20.0. The van der Waals surface area contributed by atoms with Gasteiger partial charge in [0.15, 0.2) is 0 Å². The summed E-state index contributed by atoms with van der Waals surface area (Å²) in [7, 11) is 0. The van der Waals surface area contributed by atoms with Gasteiger partial charge in [-0.2, -0.15) is 12.6 Å². The van der Waals surface area contributed by atoms with Gasteiger partial charge in [0.25, 0.3) is 5.91 Å². The molecule has 1 heterocycles. The van der Waals surface area contributed by atoms with Crippen LogP contribution >= 0.6 is 12.6 Å². The van der Waals surface area contributed by atoms with Crippen molar-refractivity contribution in [1.29, 1.82) is 0 Å². The highest BCUT2D eigenvalue weighted by Gasteiger charge is 2.17. The van der Waals surface area contributed by atoms with E-state index in [2.05, 4.69) is 41.6 Å². The fourth-order valence-corrected chi connectivity index (χ4v) is 5.35. The van der Waals surface area contributed by atoms with E-state index < -0.39 is 5.97 Å². The van der Waals surface area contributed by atoms with E-state index in [4.69, 9.17) is 4.98 Å². The van der Waals surface area contributed by atoms with Gasteiger partial charge in [-0.1, -0.05) is 79.7 Å². The summed E-state index contributed by atoms with van der Waals surface area (Å²) in [4.78, 5) is 29.9. The summed E-state index contributed by atoms with van der Waals surface area (Å²) in [6.07, 6.45) is 2.48. The molecule has 1 atom stereocenters. The van der Waals surface area contributed by atoms with Gasteiger partial charge in [-0.05, 0) is 59.4 Å². The van der Waals surface area contributed by atoms with Crippen LogP contribution in [0, 0.1) is 0 Å². The number of benzene rings is 4. The van der Waals surface area contributed by atoms with Gasteiger partial charge >= 0.3 is 5.97 Å². The molecule has 0 saturated carbocycles. The summed E-state index contributed by atoms with van der Waals surface area (Å²) in [5, 5.41) is 12.7. The molecule has 0 fully saturated rings. The van der Waals surface area contributed by atoms with Gasteiger partial charge in [0.1, 0.15) is 5.82 Å². The highest BCUT2D eigenvalue weighted by atomic mass is 32.1. The topological polar surface area (TPSA) is 84.2 Å². The number of rotatable bonds is 11. The third kappa shape index (κ3) is 6.52. The van der Waals surface area contributed by atoms with Crippen molar-refractivity contribution in [3.05, 3.63) is 125 Å². The van der Waals surface area contributed by atoms with Crippen molar-refractivity contribution in [2.45, 2.75) is 38.8 Å². The predicted molar refractivity (Wildman–Crippen MR) is 167 cm³/mol. The number of hydrogen-bond acceptors (Lipinski definition) is 4. The fraction of sp³-hybridized carbons (Fsp3) is 0.206. The van der Waals surface area contributed by atoms with E-state index in [1.165, 1.54) is 0 Å². The highest BCUT2D eigenvalue weighted by Crippen LogP contribution is 2.26. The number of aromatic nitrogens is 2. The number of aromatic carboxylic acids is 1. The van der Waals surface area contributed by atoms with Crippen LogP contribution in [0.25, 0.3) is 22.2 Å². The largest absolute Gasteiger partial charge is 0.478 e. The maximum atomic E-state index is 13.3. The molecule has 0 saturated heterocycles. The van der Waals surface area contributed by atoms with E-state index in [0.717, 1.165) is 46.4 Å². The first-order valence-electron chi connectivity index (χ1n) is 13.8. The number of fused-ring (bicyclic) bond motifs is 1. The van der Waals surface area contributed by atoms with Crippen LogP contribution in [0.1, 0.15) is 51.0 Å². The summed E-state index contributed by atoms with van der Waals surface area (Å²) in [5.74, 6) is 0.430. The van der Waals surface area contributed by atoms with Crippen LogP contribution in [0.3, 0.4) is 0 Å². The molecule has 7 heteroatoms. The number of thiol groups is 1. The van der Waals surface area contributed by atoms with E-state index in [1.54, 1.807) is 12.1 Å². The molecule has 208 valence electrons. The van der Waals surface area contributed by atoms with Crippen molar-refractivity contribution in [2.24, 2.45) is 0 Å². The lowest BCUT2D eigenvalue weighted by Crippen LogP contribution is -2.37. The maximum Gasteiger partial charge on any atom is 0.336 e. The molecule has 0 bridgehead atoms. The Balaban J connectivity index is 1.40. The second-order valence-corrected chi connectivity index (χ2v) is 10.5. The van der Waals surface area contributed by atoms with E-state index >= 15 is 0 Å². The number of amides is 1. The third-order valence-corrected chi connectivity index (χ3v) is 7.65. The molecule has 0 radical (unpaired) electrons. The molecule has 4 aromatic carbocycles. The second kappa shape index (κ2) is 12.9. The van der Waals surface area contributed by atoms with E-state index in [1.807, 2.05) is 72.8 Å². The Morgan fingerprint density at radius 3 is 2.37 bits per heavy atom. The van der Waals surface area contributed by atoms with Crippen LogP contribution in [-0.2, 0) is 19.4 Å². The van der Waals surface area contributed by atoms with E-state index in [9.17, 15) is 14.7 Å². The lowest BCUT2D eigenvalue weighted by Gasteiger charge is -2.17. The Bertz CT molecular complexity index is 1660. The highest BCUT2D eigenvalue weighted by molar-refractivity contribution is 7.80. The van der Waals surface area contributed by atoms with Crippen LogP contribution in [0.4, 0.5) is 0 Å². The van der Waals surface area contributed by atoms with Gasteiger partial charge in [0.2, 0.25) is 0 Å². The van der Waals surface area contributed by atoms with Gasteiger partial charge in [-0.3, -0.25) is 4.79 Å². The van der Waals surface area contributed by atoms with Gasteiger partial charge in [-0.15, -0.1) is 0 Å². The monoisotopic (exact) mass is 563 g/mol. The number of imidazole rings is 1. The summed E-state index contributed by atoms with van der Waals surface area (Å²) in [5.41, 5.74) is 6.38. The van der Waals surface area contributed by atoms with Crippen molar-refractivity contribution in [1.82, 2.24) is 14.9 Å². The minimum Gasteiger partial charge on any atom is -0.478 e. The Hall–Kier alpha value is -4.36. The maximum absolute atomic E-state index is 13.3. The molecular weight excluding hydrogens is 530 g/mol. The van der Waals surface area contributed by atoms with Crippen LogP contribution < -0.4 is 5.32 Å². The number of nitrogens with one attached hydrogen (secondary N) is 1. The number of carbonyl (C=O) groups excluding carboxylic acids is 1. The summed E-state index contributed by atoms with van der Waals surface area (Å²) in [6, 6.07) is 30.6. The molecule has 41 heavy (non-hydrogen) atoms. The number of hydrogen-bond donors (Lipinski definition) is 3. The number of carboxylic acid groups (broad SMARTS) is 1. The first kappa shape index (κ1) is 28.2. The SMILES string of the molecule is CCCc1nc2ccc(C(=O)N[C@@H](CS)Cc3ccccc3)cc2n1Cc1ccc(-c2ccccc2C(=O)O)cc1. The van der Waals surface area contributed by atoms with Crippen molar-refractivity contribution >= 4 is 35.5 Å². The zero-order valence-electron chi connectivity index (χ0n) is 23.0. The number of carbonyl (C=O) groups is 2. The van der Waals surface area contributed by atoms with Crippen molar-refractivity contribution in [3.63, 3.8) is 0 Å². The first-order valence-corrected chi connectivity index (χ1v) is 14.5. The second-order valence-electron chi connectivity index (χ2n) is 10.2. The zero-order chi connectivity index (χ0) is 28.8. The molecule has 6 nitrogen and oxygen atoms in total. The van der Waals surface area contributed by atoms with Gasteiger partial charge in [0, 0.05) is 30.3 Å². The van der Waals surface area contributed by atoms with Crippen LogP contribution in [0.15, 0.2) is 97.1 Å². The Morgan fingerprint density at radius 1 is 0.927 bits per heavy atom. The van der Waals surface area contributed by atoms with Crippen LogP contribution in [0.5, 0.6) is 0 Å². The van der Waals surface area contributed by atoms with Crippen LogP contribution in [-0.4, -0.2) is 38.3 Å². The van der Waals surface area contributed by atoms with Crippen molar-refractivity contribution < 1.29 is 14.7 Å². The molecule has 0 unspecified atom stereocenters. The van der Waals surface area contributed by atoms with Gasteiger partial charge < -0.3 is 15.0 Å². The molecule has 0 aliphatic heterocycles. The lowest BCUT2D eigenvalue weighted by atomic mass is 9.99. The quantitative estimate of drug-likeness (QED) is 0.157. The molecule has 0 aliphatic carbocycles. The van der Waals surface area contributed by atoms with Gasteiger partial charge in [-0.25, -0.2) is 9.78 Å². The molecule has 5 rings (SSSR count). The van der Waals surface area contributed by atoms with Crippen LogP contribution in [0.2, 0.25) is 0 Å². The summed E-state index contributed by atoms with van der Waals surface area (Å²) >= 11 is 4.48. The number of nitrogens with zero attached hydrogens (tertiary/aromatic N) is 2. The smallest absolute Gasteiger partial charge is 0.336 e. The molecule has 1 amide bonds. The van der Waals surface area contributed by atoms with E-state index in [-0.39, 0.29) is 17.5 Å². The Kier molecular flexibility index (Phi) is 8.85. The summed E-state index contributed by atoms with van der Waals surface area (Å²) in [6.45, 7) is 2.71. The third-order valence-electron chi connectivity index (χ3n) is 7.21. The zero-order valence-corrected chi connectivity index (χ0v) is 23.9. The molecule has 0 aliphatic rings. The van der Waals surface area contributed by atoms with Gasteiger partial charge in [0.05, 0.1) is 16.6 Å². The molecular formula is C34H33N3O3S. The minimum atomic E-state index is -0.945. The van der Waals surface area contributed by atoms with Crippen molar-refractivity contribution in [2.75, 3.05) is 5.75 Å².